The molecule has 0 saturated heterocycles. The Kier molecular flexibility index (Phi) is 3.43. The first-order valence-electron chi connectivity index (χ1n) is 5.33. The number of pyridine rings is 1. The van der Waals surface area contributed by atoms with Crippen LogP contribution in [0.15, 0.2) is 36.9 Å². The van der Waals surface area contributed by atoms with Crippen LogP contribution in [0, 0.1) is 0 Å². The summed E-state index contributed by atoms with van der Waals surface area (Å²) in [5, 5.41) is 3.22. The zero-order chi connectivity index (χ0) is 11.2. The van der Waals surface area contributed by atoms with E-state index in [0.717, 1.165) is 17.9 Å². The minimum atomic E-state index is 0.695. The van der Waals surface area contributed by atoms with E-state index in [2.05, 4.69) is 33.3 Å². The molecule has 0 radical (unpaired) electrons. The predicted octanol–water partition coefficient (Wildman–Crippen LogP) is 2.05. The Bertz CT molecular complexity index is 442. The molecule has 0 aliphatic heterocycles. The molecule has 0 aromatic carbocycles. The fourth-order valence-corrected chi connectivity index (χ4v) is 1.52. The average Bonchev–Trinajstić information content (AvgIpc) is 2.38. The van der Waals surface area contributed by atoms with Crippen LogP contribution in [0.2, 0.25) is 0 Å². The quantitative estimate of drug-likeness (QED) is 0.846. The van der Waals surface area contributed by atoms with Crippen molar-refractivity contribution in [2.45, 2.75) is 19.9 Å². The van der Waals surface area contributed by atoms with Crippen molar-refractivity contribution in [3.63, 3.8) is 0 Å². The van der Waals surface area contributed by atoms with E-state index in [1.807, 2.05) is 18.3 Å². The van der Waals surface area contributed by atoms with E-state index < -0.39 is 0 Å². The smallest absolute Gasteiger partial charge is 0.129 e. The third kappa shape index (κ3) is 2.53. The van der Waals surface area contributed by atoms with Gasteiger partial charge >= 0.3 is 0 Å². The summed E-state index contributed by atoms with van der Waals surface area (Å²) in [6.45, 7) is 2.83. The van der Waals surface area contributed by atoms with E-state index in [1.165, 1.54) is 11.9 Å². The number of hydrogen-bond acceptors (Lipinski definition) is 4. The first-order chi connectivity index (χ1) is 7.90. The normalized spacial score (nSPS) is 10.1. The van der Waals surface area contributed by atoms with E-state index in [-0.39, 0.29) is 0 Å². The van der Waals surface area contributed by atoms with E-state index in [4.69, 9.17) is 0 Å². The Morgan fingerprint density at radius 1 is 1.19 bits per heavy atom. The molecule has 2 rings (SSSR count). The molecule has 0 amide bonds. The first-order valence-corrected chi connectivity index (χ1v) is 5.33. The summed E-state index contributed by atoms with van der Waals surface area (Å²) < 4.78 is 0. The maximum Gasteiger partial charge on any atom is 0.129 e. The number of nitrogens with one attached hydrogen (secondary N) is 1. The zero-order valence-electron chi connectivity index (χ0n) is 9.22. The molecule has 2 aromatic heterocycles. The van der Waals surface area contributed by atoms with Crippen LogP contribution in [-0.2, 0) is 13.0 Å². The Balaban J connectivity index is 2.05. The SMILES string of the molecule is CCc1cccnc1CNc1ccncn1. The summed E-state index contributed by atoms with van der Waals surface area (Å²) in [4.78, 5) is 12.3. The number of nitrogens with zero attached hydrogens (tertiary/aromatic N) is 3. The average molecular weight is 214 g/mol. The van der Waals surface area contributed by atoms with Crippen molar-refractivity contribution in [3.05, 3.63) is 48.2 Å². The van der Waals surface area contributed by atoms with Gasteiger partial charge in [0.25, 0.3) is 0 Å². The standard InChI is InChI=1S/C12H14N4/c1-2-10-4-3-6-14-11(10)8-15-12-5-7-13-9-16-12/h3-7,9H,2,8H2,1H3,(H,13,15,16). The van der Waals surface area contributed by atoms with Crippen LogP contribution in [0.5, 0.6) is 0 Å². The molecular weight excluding hydrogens is 200 g/mol. The highest BCUT2D eigenvalue weighted by Gasteiger charge is 2.01. The molecule has 4 nitrogen and oxygen atoms in total. The summed E-state index contributed by atoms with van der Waals surface area (Å²) >= 11 is 0. The van der Waals surface area contributed by atoms with Gasteiger partial charge < -0.3 is 5.32 Å². The number of aromatic nitrogens is 3. The third-order valence-electron chi connectivity index (χ3n) is 2.38. The zero-order valence-corrected chi connectivity index (χ0v) is 9.22. The van der Waals surface area contributed by atoms with Gasteiger partial charge in [-0.2, -0.15) is 0 Å². The van der Waals surface area contributed by atoms with Gasteiger partial charge in [0.05, 0.1) is 12.2 Å². The van der Waals surface area contributed by atoms with Crippen molar-refractivity contribution < 1.29 is 0 Å². The molecule has 0 aliphatic rings. The molecule has 0 bridgehead atoms. The molecule has 0 atom stereocenters. The lowest BCUT2D eigenvalue weighted by Crippen LogP contribution is -2.05. The lowest BCUT2D eigenvalue weighted by molar-refractivity contribution is 0.961. The highest BCUT2D eigenvalue weighted by molar-refractivity contribution is 5.33. The van der Waals surface area contributed by atoms with Crippen LogP contribution in [0.25, 0.3) is 0 Å². The van der Waals surface area contributed by atoms with Gasteiger partial charge in [0.1, 0.15) is 12.1 Å². The van der Waals surface area contributed by atoms with Gasteiger partial charge in [-0.3, -0.25) is 4.98 Å². The monoisotopic (exact) mass is 214 g/mol. The van der Waals surface area contributed by atoms with E-state index in [1.54, 1.807) is 6.20 Å². The third-order valence-corrected chi connectivity index (χ3v) is 2.38. The molecular formula is C12H14N4. The van der Waals surface area contributed by atoms with Crippen molar-refractivity contribution in [1.82, 2.24) is 15.0 Å². The molecule has 1 N–H and O–H groups in total. The van der Waals surface area contributed by atoms with Crippen molar-refractivity contribution in [2.24, 2.45) is 0 Å². The van der Waals surface area contributed by atoms with Gasteiger partial charge in [-0.15, -0.1) is 0 Å². The van der Waals surface area contributed by atoms with Crippen LogP contribution >= 0.6 is 0 Å². The van der Waals surface area contributed by atoms with Crippen molar-refractivity contribution in [3.8, 4) is 0 Å². The lowest BCUT2D eigenvalue weighted by Gasteiger charge is -2.07. The molecule has 4 heteroatoms. The van der Waals surface area contributed by atoms with Crippen molar-refractivity contribution in [1.29, 1.82) is 0 Å². The van der Waals surface area contributed by atoms with Gasteiger partial charge in [-0.05, 0) is 24.1 Å². The van der Waals surface area contributed by atoms with E-state index in [9.17, 15) is 0 Å². The van der Waals surface area contributed by atoms with Crippen LogP contribution in [0.1, 0.15) is 18.2 Å². The molecule has 2 heterocycles. The van der Waals surface area contributed by atoms with E-state index >= 15 is 0 Å². The molecule has 2 aromatic rings. The summed E-state index contributed by atoms with van der Waals surface area (Å²) in [5.41, 5.74) is 2.34. The van der Waals surface area contributed by atoms with Crippen LogP contribution in [0.3, 0.4) is 0 Å². The minimum absolute atomic E-state index is 0.695. The molecule has 82 valence electrons. The molecule has 0 aliphatic carbocycles. The Hall–Kier alpha value is -1.97. The van der Waals surface area contributed by atoms with Crippen LogP contribution in [0.4, 0.5) is 5.82 Å². The molecule has 0 unspecified atom stereocenters. The molecule has 16 heavy (non-hydrogen) atoms. The first kappa shape index (κ1) is 10.5. The maximum absolute atomic E-state index is 4.36. The van der Waals surface area contributed by atoms with Crippen molar-refractivity contribution >= 4 is 5.82 Å². The molecule has 0 fully saturated rings. The number of hydrogen-bond donors (Lipinski definition) is 1. The Morgan fingerprint density at radius 3 is 2.88 bits per heavy atom. The number of rotatable bonds is 4. The second kappa shape index (κ2) is 5.21. The number of anilines is 1. The second-order valence-electron chi connectivity index (χ2n) is 3.41. The van der Waals surface area contributed by atoms with Gasteiger partial charge in [0.15, 0.2) is 0 Å². The Morgan fingerprint density at radius 2 is 2.12 bits per heavy atom. The van der Waals surface area contributed by atoms with Gasteiger partial charge in [-0.1, -0.05) is 13.0 Å². The van der Waals surface area contributed by atoms with Crippen molar-refractivity contribution in [2.75, 3.05) is 5.32 Å². The van der Waals surface area contributed by atoms with Crippen LogP contribution < -0.4 is 5.32 Å². The fourth-order valence-electron chi connectivity index (χ4n) is 1.52. The highest BCUT2D eigenvalue weighted by atomic mass is 15.0. The van der Waals surface area contributed by atoms with Gasteiger partial charge in [0, 0.05) is 12.4 Å². The minimum Gasteiger partial charge on any atom is -0.364 e. The van der Waals surface area contributed by atoms with Crippen LogP contribution in [-0.4, -0.2) is 15.0 Å². The largest absolute Gasteiger partial charge is 0.364 e. The van der Waals surface area contributed by atoms with Gasteiger partial charge in [0.2, 0.25) is 0 Å². The van der Waals surface area contributed by atoms with E-state index in [0.29, 0.717) is 6.54 Å². The lowest BCUT2D eigenvalue weighted by atomic mass is 10.1. The molecule has 0 saturated carbocycles. The Labute approximate surface area is 94.8 Å². The summed E-state index contributed by atoms with van der Waals surface area (Å²) in [5.74, 6) is 0.822. The predicted molar refractivity (Wildman–Crippen MR) is 63.0 cm³/mol. The fraction of sp³-hybridized carbons (Fsp3) is 0.250. The topological polar surface area (TPSA) is 50.7 Å². The molecule has 0 spiro atoms. The number of aryl methyl sites for hydroxylation is 1. The summed E-state index contributed by atoms with van der Waals surface area (Å²) in [7, 11) is 0. The second-order valence-corrected chi connectivity index (χ2v) is 3.41. The van der Waals surface area contributed by atoms with Gasteiger partial charge in [-0.25, -0.2) is 9.97 Å². The summed E-state index contributed by atoms with van der Waals surface area (Å²) in [6, 6.07) is 5.91. The maximum atomic E-state index is 4.36. The summed E-state index contributed by atoms with van der Waals surface area (Å²) in [6.07, 6.45) is 6.06. The highest BCUT2D eigenvalue weighted by Crippen LogP contribution is 2.08.